The Kier molecular flexibility index (Phi) is 7.82. The Labute approximate surface area is 201 Å². The van der Waals surface area contributed by atoms with Crippen LogP contribution in [0.3, 0.4) is 0 Å². The van der Waals surface area contributed by atoms with Gasteiger partial charge in [0, 0.05) is 26.2 Å². The first kappa shape index (κ1) is 23.0. The smallest absolute Gasteiger partial charge is 0.121 e. The number of imidazole rings is 2. The zero-order valence-electron chi connectivity index (χ0n) is 19.9. The maximum Gasteiger partial charge on any atom is 0.121 e. The first-order chi connectivity index (χ1) is 16.8. The average Bonchev–Trinajstić information content (AvgIpc) is 3.45. The summed E-state index contributed by atoms with van der Waals surface area (Å²) >= 11 is 0. The van der Waals surface area contributed by atoms with E-state index in [4.69, 9.17) is 9.97 Å². The molecule has 1 aliphatic heterocycles. The molecule has 0 amide bonds. The molecule has 5 rings (SSSR count). The van der Waals surface area contributed by atoms with Crippen molar-refractivity contribution < 1.29 is 0 Å². The molecule has 4 N–H and O–H groups in total. The van der Waals surface area contributed by atoms with Crippen LogP contribution in [0.15, 0.2) is 48.5 Å². The third-order valence-corrected chi connectivity index (χ3v) is 6.49. The van der Waals surface area contributed by atoms with Crippen LogP contribution in [-0.4, -0.2) is 82.1 Å². The van der Waals surface area contributed by atoms with Crippen molar-refractivity contribution >= 4 is 22.1 Å². The number of aromatic nitrogens is 4. The summed E-state index contributed by atoms with van der Waals surface area (Å²) in [5, 5.41) is 7.30. The Morgan fingerprint density at radius 3 is 1.53 bits per heavy atom. The number of para-hydroxylation sites is 4. The lowest BCUT2D eigenvalue weighted by Gasteiger charge is -2.24. The monoisotopic (exact) mass is 460 g/mol. The molecular weight excluding hydrogens is 424 g/mol. The van der Waals surface area contributed by atoms with Crippen molar-refractivity contribution in [2.45, 2.75) is 25.9 Å². The first-order valence-electron chi connectivity index (χ1n) is 12.6. The minimum Gasteiger partial charge on any atom is -0.341 e. The largest absolute Gasteiger partial charge is 0.341 e. The molecule has 1 aliphatic rings. The standard InChI is InChI=1S/C26H36N8/c1-2-8-22-21(7-1)29-25(30-22)19-33-15-5-11-28-14-18-34(16-6-12-27-13-17-33)20-26-31-23-9-3-4-10-24(23)32-26/h1-4,7-10,27-28H,5-6,11-20H2,(H,29,30)(H,31,32). The highest BCUT2D eigenvalue weighted by Crippen LogP contribution is 2.13. The van der Waals surface area contributed by atoms with Gasteiger partial charge in [0.1, 0.15) is 11.6 Å². The Balaban J connectivity index is 1.12. The predicted molar refractivity (Wildman–Crippen MR) is 138 cm³/mol. The van der Waals surface area contributed by atoms with E-state index in [0.29, 0.717) is 0 Å². The quantitative estimate of drug-likeness (QED) is 0.375. The molecule has 0 atom stereocenters. The van der Waals surface area contributed by atoms with Gasteiger partial charge in [0.2, 0.25) is 0 Å². The van der Waals surface area contributed by atoms with E-state index in [2.05, 4.69) is 66.8 Å². The van der Waals surface area contributed by atoms with E-state index in [1.165, 1.54) is 0 Å². The number of fused-ring (bicyclic) bond motifs is 2. The molecule has 0 radical (unpaired) electrons. The van der Waals surface area contributed by atoms with Crippen LogP contribution in [0.5, 0.6) is 0 Å². The number of rotatable bonds is 4. The molecule has 0 spiro atoms. The van der Waals surface area contributed by atoms with Gasteiger partial charge in [-0.25, -0.2) is 9.97 Å². The molecule has 2 aromatic carbocycles. The number of nitrogens with zero attached hydrogens (tertiary/aromatic N) is 4. The Morgan fingerprint density at radius 2 is 1.06 bits per heavy atom. The van der Waals surface area contributed by atoms with Gasteiger partial charge in [-0.15, -0.1) is 0 Å². The van der Waals surface area contributed by atoms with E-state index >= 15 is 0 Å². The molecule has 2 aromatic heterocycles. The lowest BCUT2D eigenvalue weighted by Crippen LogP contribution is -2.38. The zero-order valence-corrected chi connectivity index (χ0v) is 19.9. The SMILES string of the molecule is c1ccc2[nH]c(CN3CCCNCCN(Cc4nc5ccccc5[nH]4)CCCNCC3)nc2c1. The van der Waals surface area contributed by atoms with Crippen LogP contribution in [0.1, 0.15) is 24.5 Å². The second kappa shape index (κ2) is 11.6. The highest BCUT2D eigenvalue weighted by Gasteiger charge is 2.12. The number of hydrogen-bond donors (Lipinski definition) is 4. The Morgan fingerprint density at radius 1 is 0.588 bits per heavy atom. The van der Waals surface area contributed by atoms with E-state index in [-0.39, 0.29) is 0 Å². The van der Waals surface area contributed by atoms with Gasteiger partial charge in [-0.2, -0.15) is 0 Å². The molecule has 180 valence electrons. The molecule has 0 bridgehead atoms. The summed E-state index contributed by atoms with van der Waals surface area (Å²) in [5.41, 5.74) is 4.33. The van der Waals surface area contributed by atoms with Crippen molar-refractivity contribution in [1.29, 1.82) is 0 Å². The molecule has 8 heteroatoms. The molecule has 0 saturated carbocycles. The third kappa shape index (κ3) is 6.21. The maximum atomic E-state index is 4.77. The van der Waals surface area contributed by atoms with Crippen LogP contribution in [0, 0.1) is 0 Å². The molecular formula is C26H36N8. The van der Waals surface area contributed by atoms with Gasteiger partial charge in [0.05, 0.1) is 35.2 Å². The van der Waals surface area contributed by atoms with Crippen molar-refractivity contribution in [3.05, 3.63) is 60.2 Å². The van der Waals surface area contributed by atoms with Gasteiger partial charge in [0.15, 0.2) is 0 Å². The molecule has 8 nitrogen and oxygen atoms in total. The lowest BCUT2D eigenvalue weighted by atomic mass is 10.3. The maximum absolute atomic E-state index is 4.77. The van der Waals surface area contributed by atoms with E-state index in [9.17, 15) is 0 Å². The van der Waals surface area contributed by atoms with Gasteiger partial charge in [-0.3, -0.25) is 9.80 Å². The van der Waals surface area contributed by atoms with Crippen LogP contribution in [-0.2, 0) is 13.1 Å². The predicted octanol–water partition coefficient (Wildman–Crippen LogP) is 2.72. The molecule has 0 unspecified atom stereocenters. The topological polar surface area (TPSA) is 87.9 Å². The molecule has 34 heavy (non-hydrogen) atoms. The van der Waals surface area contributed by atoms with Gasteiger partial charge < -0.3 is 20.6 Å². The highest BCUT2D eigenvalue weighted by molar-refractivity contribution is 5.75. The number of nitrogens with one attached hydrogen (secondary N) is 4. The summed E-state index contributed by atoms with van der Waals surface area (Å²) in [4.78, 5) is 21.5. The second-order valence-electron chi connectivity index (χ2n) is 9.16. The lowest BCUT2D eigenvalue weighted by molar-refractivity contribution is 0.236. The summed E-state index contributed by atoms with van der Waals surface area (Å²) in [6, 6.07) is 16.5. The summed E-state index contributed by atoms with van der Waals surface area (Å²) in [7, 11) is 0. The fourth-order valence-corrected chi connectivity index (χ4v) is 4.70. The van der Waals surface area contributed by atoms with Crippen molar-refractivity contribution in [2.24, 2.45) is 0 Å². The third-order valence-electron chi connectivity index (χ3n) is 6.49. The number of H-pyrrole nitrogens is 2. The summed E-state index contributed by atoms with van der Waals surface area (Å²) in [6.45, 7) is 9.96. The van der Waals surface area contributed by atoms with E-state index in [0.717, 1.165) is 112 Å². The van der Waals surface area contributed by atoms with Crippen LogP contribution < -0.4 is 10.6 Å². The van der Waals surface area contributed by atoms with Crippen LogP contribution >= 0.6 is 0 Å². The summed E-state index contributed by atoms with van der Waals surface area (Å²) in [5.74, 6) is 2.10. The van der Waals surface area contributed by atoms with Crippen molar-refractivity contribution in [1.82, 2.24) is 40.4 Å². The summed E-state index contributed by atoms with van der Waals surface area (Å²) < 4.78 is 0. The number of benzene rings is 2. The van der Waals surface area contributed by atoms with Crippen molar-refractivity contribution in [3.63, 3.8) is 0 Å². The van der Waals surface area contributed by atoms with Crippen LogP contribution in [0.2, 0.25) is 0 Å². The number of hydrogen-bond acceptors (Lipinski definition) is 6. The Hall–Kier alpha value is -2.78. The minimum atomic E-state index is 0.863. The van der Waals surface area contributed by atoms with E-state index in [1.54, 1.807) is 0 Å². The second-order valence-corrected chi connectivity index (χ2v) is 9.16. The first-order valence-corrected chi connectivity index (χ1v) is 12.6. The molecule has 1 saturated heterocycles. The average molecular weight is 461 g/mol. The zero-order chi connectivity index (χ0) is 23.0. The normalized spacial score (nSPS) is 18.4. The van der Waals surface area contributed by atoms with Crippen LogP contribution in [0.4, 0.5) is 0 Å². The highest BCUT2D eigenvalue weighted by atomic mass is 15.2. The number of aromatic amines is 2. The van der Waals surface area contributed by atoms with Crippen molar-refractivity contribution in [3.8, 4) is 0 Å². The molecule has 1 fully saturated rings. The Bertz CT molecular complexity index is 992. The van der Waals surface area contributed by atoms with Gasteiger partial charge in [-0.05, 0) is 63.3 Å². The van der Waals surface area contributed by atoms with Crippen molar-refractivity contribution in [2.75, 3.05) is 52.4 Å². The van der Waals surface area contributed by atoms with E-state index in [1.807, 2.05) is 12.1 Å². The fraction of sp³-hybridized carbons (Fsp3) is 0.462. The van der Waals surface area contributed by atoms with Crippen LogP contribution in [0.25, 0.3) is 22.1 Å². The van der Waals surface area contributed by atoms with Gasteiger partial charge >= 0.3 is 0 Å². The van der Waals surface area contributed by atoms with Gasteiger partial charge in [-0.1, -0.05) is 24.3 Å². The molecule has 0 aliphatic carbocycles. The fourth-order valence-electron chi connectivity index (χ4n) is 4.70. The molecule has 3 heterocycles. The van der Waals surface area contributed by atoms with Gasteiger partial charge in [0.25, 0.3) is 0 Å². The molecule has 4 aromatic rings. The van der Waals surface area contributed by atoms with E-state index < -0.39 is 0 Å². The summed E-state index contributed by atoms with van der Waals surface area (Å²) in [6.07, 6.45) is 2.26. The minimum absolute atomic E-state index is 0.863.